The molecule has 0 fully saturated rings. The third-order valence-electron chi connectivity index (χ3n) is 4.21. The second-order valence-electron chi connectivity index (χ2n) is 6.70. The van der Waals surface area contributed by atoms with E-state index in [4.69, 9.17) is 11.6 Å². The van der Waals surface area contributed by atoms with Gasteiger partial charge in [0.1, 0.15) is 0 Å². The number of thioether (sulfide) groups is 1. The van der Waals surface area contributed by atoms with Gasteiger partial charge in [0.25, 0.3) is 10.0 Å². The Hall–Kier alpha value is -2.48. The average Bonchev–Trinajstić information content (AvgIpc) is 2.70. The summed E-state index contributed by atoms with van der Waals surface area (Å²) in [5.41, 5.74) is 2.07. The Balaban J connectivity index is 1.63. The zero-order chi connectivity index (χ0) is 21.7. The molecule has 3 aromatic rings. The summed E-state index contributed by atoms with van der Waals surface area (Å²) in [5.74, 6) is -0.159. The Morgan fingerprint density at radius 3 is 2.27 bits per heavy atom. The van der Waals surface area contributed by atoms with E-state index in [0.717, 1.165) is 10.5 Å². The van der Waals surface area contributed by atoms with E-state index in [1.54, 1.807) is 30.3 Å². The molecule has 0 bridgehead atoms. The monoisotopic (exact) mass is 460 g/mol. The third kappa shape index (κ3) is 6.01. The first kappa shape index (κ1) is 22.2. The van der Waals surface area contributed by atoms with Gasteiger partial charge >= 0.3 is 0 Å². The average molecular weight is 461 g/mol. The summed E-state index contributed by atoms with van der Waals surface area (Å²) in [6.45, 7) is 3.84. The minimum absolute atomic E-state index is 0.0857. The molecule has 0 aromatic heterocycles. The summed E-state index contributed by atoms with van der Waals surface area (Å²) in [4.78, 5) is 13.6. The first-order chi connectivity index (χ1) is 14.2. The molecule has 0 spiro atoms. The van der Waals surface area contributed by atoms with Crippen molar-refractivity contribution in [1.29, 1.82) is 0 Å². The summed E-state index contributed by atoms with van der Waals surface area (Å²) in [5, 5.41) is 2.95. The lowest BCUT2D eigenvalue weighted by Crippen LogP contribution is -2.22. The van der Waals surface area contributed by atoms with Gasteiger partial charge in [-0.1, -0.05) is 35.4 Å². The van der Waals surface area contributed by atoms with Gasteiger partial charge in [0, 0.05) is 15.6 Å². The molecule has 1 atom stereocenters. The highest BCUT2D eigenvalue weighted by Gasteiger charge is 2.17. The lowest BCUT2D eigenvalue weighted by atomic mass is 10.2. The van der Waals surface area contributed by atoms with Crippen LogP contribution in [0.4, 0.5) is 11.4 Å². The van der Waals surface area contributed by atoms with Crippen LogP contribution in [-0.4, -0.2) is 19.6 Å². The van der Waals surface area contributed by atoms with Crippen LogP contribution in [0.25, 0.3) is 0 Å². The van der Waals surface area contributed by atoms with E-state index < -0.39 is 10.0 Å². The first-order valence-corrected chi connectivity index (χ1v) is 11.9. The van der Waals surface area contributed by atoms with Crippen molar-refractivity contribution in [3.63, 3.8) is 0 Å². The number of rotatable bonds is 7. The molecule has 0 unspecified atom stereocenters. The molecule has 0 heterocycles. The molecule has 0 aliphatic heterocycles. The van der Waals surface area contributed by atoms with Crippen molar-refractivity contribution in [2.24, 2.45) is 0 Å². The maximum atomic E-state index is 12.5. The highest BCUT2D eigenvalue weighted by atomic mass is 35.5. The Morgan fingerprint density at radius 2 is 1.63 bits per heavy atom. The van der Waals surface area contributed by atoms with Gasteiger partial charge in [-0.2, -0.15) is 0 Å². The molecule has 0 aliphatic carbocycles. The Morgan fingerprint density at radius 1 is 0.967 bits per heavy atom. The zero-order valence-electron chi connectivity index (χ0n) is 16.4. The fraction of sp³-hybridized carbons (Fsp3) is 0.136. The molecule has 3 rings (SSSR count). The standard InChI is InChI=1S/C22H21ClN2O3S2/c1-15-6-10-20(11-7-15)29-16(2)22(26)24-18-8-12-21(13-9-18)30(27,28)25-19-5-3-4-17(23)14-19/h3-14,16,25H,1-2H3,(H,24,26)/t16-/m0/s1. The number of amides is 1. The molecule has 1 amide bonds. The molecule has 0 aliphatic rings. The van der Waals surface area contributed by atoms with Crippen molar-refractivity contribution in [3.8, 4) is 0 Å². The summed E-state index contributed by atoms with van der Waals surface area (Å²) >= 11 is 7.36. The molecule has 3 aromatic carbocycles. The van der Waals surface area contributed by atoms with Crippen molar-refractivity contribution >= 4 is 50.7 Å². The Bertz CT molecular complexity index is 1130. The van der Waals surface area contributed by atoms with Crippen molar-refractivity contribution in [2.75, 3.05) is 10.0 Å². The minimum Gasteiger partial charge on any atom is -0.325 e. The van der Waals surface area contributed by atoms with E-state index in [1.807, 2.05) is 38.1 Å². The van der Waals surface area contributed by atoms with Crippen LogP contribution in [0.5, 0.6) is 0 Å². The van der Waals surface area contributed by atoms with Gasteiger partial charge in [-0.15, -0.1) is 11.8 Å². The number of carbonyl (C=O) groups excluding carboxylic acids is 1. The third-order valence-corrected chi connectivity index (χ3v) is 6.96. The van der Waals surface area contributed by atoms with E-state index in [9.17, 15) is 13.2 Å². The summed E-state index contributed by atoms with van der Waals surface area (Å²) in [6.07, 6.45) is 0. The number of carbonyl (C=O) groups is 1. The van der Waals surface area contributed by atoms with Crippen LogP contribution in [0.3, 0.4) is 0 Å². The number of halogens is 1. The molecule has 5 nitrogen and oxygen atoms in total. The summed E-state index contributed by atoms with van der Waals surface area (Å²) in [7, 11) is -3.76. The second-order valence-corrected chi connectivity index (χ2v) is 10.2. The van der Waals surface area contributed by atoms with Crippen LogP contribution in [0.1, 0.15) is 12.5 Å². The van der Waals surface area contributed by atoms with Crippen molar-refractivity contribution in [3.05, 3.63) is 83.4 Å². The molecule has 2 N–H and O–H groups in total. The van der Waals surface area contributed by atoms with Gasteiger partial charge in [0.05, 0.1) is 15.8 Å². The van der Waals surface area contributed by atoms with E-state index in [2.05, 4.69) is 10.0 Å². The van der Waals surface area contributed by atoms with Crippen molar-refractivity contribution in [1.82, 2.24) is 0 Å². The number of hydrogen-bond acceptors (Lipinski definition) is 4. The van der Waals surface area contributed by atoms with Gasteiger partial charge in [0.2, 0.25) is 5.91 Å². The van der Waals surface area contributed by atoms with Crippen LogP contribution < -0.4 is 10.0 Å². The fourth-order valence-electron chi connectivity index (χ4n) is 2.60. The van der Waals surface area contributed by atoms with E-state index in [1.165, 1.54) is 30.0 Å². The number of benzene rings is 3. The Kier molecular flexibility index (Phi) is 7.07. The molecule has 0 saturated carbocycles. The second kappa shape index (κ2) is 9.55. The molecular weight excluding hydrogens is 440 g/mol. The predicted octanol–water partition coefficient (Wildman–Crippen LogP) is 5.57. The molecule has 0 radical (unpaired) electrons. The molecule has 8 heteroatoms. The van der Waals surface area contributed by atoms with Gasteiger partial charge in [0.15, 0.2) is 0 Å². The normalized spacial score (nSPS) is 12.2. The van der Waals surface area contributed by atoms with Crippen LogP contribution in [0.15, 0.2) is 82.6 Å². The van der Waals surface area contributed by atoms with Crippen molar-refractivity contribution < 1.29 is 13.2 Å². The van der Waals surface area contributed by atoms with Gasteiger partial charge in [-0.3, -0.25) is 9.52 Å². The molecule has 30 heavy (non-hydrogen) atoms. The fourth-order valence-corrected chi connectivity index (χ4v) is 4.71. The molecule has 0 saturated heterocycles. The first-order valence-electron chi connectivity index (χ1n) is 9.15. The summed E-state index contributed by atoms with van der Waals surface area (Å²) in [6, 6.07) is 20.5. The predicted molar refractivity (Wildman–Crippen MR) is 124 cm³/mol. The number of hydrogen-bond donors (Lipinski definition) is 2. The van der Waals surface area contributed by atoms with Crippen molar-refractivity contribution in [2.45, 2.75) is 28.9 Å². The van der Waals surface area contributed by atoms with Crippen LogP contribution in [0.2, 0.25) is 5.02 Å². The van der Waals surface area contributed by atoms with Gasteiger partial charge in [-0.25, -0.2) is 8.42 Å². The minimum atomic E-state index is -3.76. The van der Waals surface area contributed by atoms with Crippen LogP contribution >= 0.6 is 23.4 Å². The maximum Gasteiger partial charge on any atom is 0.261 e. The zero-order valence-corrected chi connectivity index (χ0v) is 18.8. The number of sulfonamides is 1. The quantitative estimate of drug-likeness (QED) is 0.452. The lowest BCUT2D eigenvalue weighted by Gasteiger charge is -2.13. The summed E-state index contributed by atoms with van der Waals surface area (Å²) < 4.78 is 27.6. The maximum absolute atomic E-state index is 12.5. The topological polar surface area (TPSA) is 75.3 Å². The highest BCUT2D eigenvalue weighted by Crippen LogP contribution is 2.25. The molecular formula is C22H21ClN2O3S2. The van der Waals surface area contributed by atoms with E-state index in [0.29, 0.717) is 16.4 Å². The van der Waals surface area contributed by atoms with Crippen LogP contribution in [-0.2, 0) is 14.8 Å². The smallest absolute Gasteiger partial charge is 0.261 e. The lowest BCUT2D eigenvalue weighted by molar-refractivity contribution is -0.115. The number of anilines is 2. The van der Waals surface area contributed by atoms with E-state index in [-0.39, 0.29) is 16.1 Å². The number of aryl methyl sites for hydroxylation is 1. The highest BCUT2D eigenvalue weighted by molar-refractivity contribution is 8.00. The largest absolute Gasteiger partial charge is 0.325 e. The van der Waals surface area contributed by atoms with Gasteiger partial charge < -0.3 is 5.32 Å². The Labute approximate surface area is 185 Å². The SMILES string of the molecule is Cc1ccc(S[C@@H](C)C(=O)Nc2ccc(S(=O)(=O)Nc3cccc(Cl)c3)cc2)cc1. The van der Waals surface area contributed by atoms with Gasteiger partial charge in [-0.05, 0) is 68.4 Å². The van der Waals surface area contributed by atoms with Crippen LogP contribution in [0, 0.1) is 6.92 Å². The van der Waals surface area contributed by atoms with E-state index >= 15 is 0 Å². The number of nitrogens with one attached hydrogen (secondary N) is 2. The molecule has 156 valence electrons.